The van der Waals surface area contributed by atoms with E-state index in [1.54, 1.807) is 12.1 Å². The molecular formula is C12H19N3O. The molecule has 1 aromatic rings. The lowest BCUT2D eigenvalue weighted by Gasteiger charge is -2.18. The van der Waals surface area contributed by atoms with E-state index in [2.05, 4.69) is 6.92 Å². The zero-order chi connectivity index (χ0) is 12.0. The maximum absolute atomic E-state index is 11.7. The molecule has 16 heavy (non-hydrogen) atoms. The van der Waals surface area contributed by atoms with Crippen molar-refractivity contribution in [3.05, 3.63) is 24.3 Å². The zero-order valence-electron chi connectivity index (χ0n) is 9.65. The average molecular weight is 221 g/mol. The van der Waals surface area contributed by atoms with E-state index in [-0.39, 0.29) is 5.91 Å². The van der Waals surface area contributed by atoms with Crippen molar-refractivity contribution in [3.8, 4) is 0 Å². The highest BCUT2D eigenvalue weighted by Gasteiger charge is 2.12. The molecule has 0 unspecified atom stereocenters. The summed E-state index contributed by atoms with van der Waals surface area (Å²) in [6.07, 6.45) is 3.48. The molecule has 1 aromatic carbocycles. The Morgan fingerprint density at radius 2 is 2.00 bits per heavy atom. The number of anilines is 2. The zero-order valence-corrected chi connectivity index (χ0v) is 9.65. The van der Waals surface area contributed by atoms with Crippen LogP contribution in [0.1, 0.15) is 32.6 Å². The van der Waals surface area contributed by atoms with Gasteiger partial charge in [-0.2, -0.15) is 0 Å². The number of unbranched alkanes of at least 4 members (excludes halogenated alkanes) is 2. The molecule has 0 aliphatic rings. The smallest absolute Gasteiger partial charge is 0.241 e. The molecule has 0 atom stereocenters. The van der Waals surface area contributed by atoms with Crippen molar-refractivity contribution < 1.29 is 4.79 Å². The predicted octanol–water partition coefficient (Wildman–Crippen LogP) is 2.06. The molecule has 0 aliphatic carbocycles. The molecule has 88 valence electrons. The Morgan fingerprint density at radius 3 is 2.62 bits per heavy atom. The van der Waals surface area contributed by atoms with Crippen LogP contribution in [0, 0.1) is 0 Å². The number of hydrogen-bond acceptors (Lipinski definition) is 3. The number of carbonyl (C=O) groups is 1. The van der Waals surface area contributed by atoms with Gasteiger partial charge < -0.3 is 5.73 Å². The molecule has 1 amide bonds. The first-order valence-corrected chi connectivity index (χ1v) is 5.59. The first-order chi connectivity index (χ1) is 7.66. The fourth-order valence-corrected chi connectivity index (χ4v) is 1.49. The molecule has 4 nitrogen and oxygen atoms in total. The second-order valence-electron chi connectivity index (χ2n) is 3.78. The van der Waals surface area contributed by atoms with Crippen molar-refractivity contribution in [2.45, 2.75) is 32.6 Å². The second-order valence-corrected chi connectivity index (χ2v) is 3.78. The first kappa shape index (κ1) is 12.5. The third-order valence-electron chi connectivity index (χ3n) is 2.46. The first-order valence-electron chi connectivity index (χ1n) is 5.59. The minimum Gasteiger partial charge on any atom is -0.397 e. The van der Waals surface area contributed by atoms with E-state index < -0.39 is 0 Å². The Labute approximate surface area is 96.2 Å². The summed E-state index contributed by atoms with van der Waals surface area (Å²) in [6, 6.07) is 7.10. The number of benzene rings is 1. The number of nitrogen functional groups attached to an aromatic ring is 1. The van der Waals surface area contributed by atoms with E-state index in [9.17, 15) is 4.79 Å². The molecular weight excluding hydrogens is 202 g/mol. The van der Waals surface area contributed by atoms with Crippen molar-refractivity contribution in [1.82, 2.24) is 0 Å². The van der Waals surface area contributed by atoms with Gasteiger partial charge in [0.15, 0.2) is 0 Å². The van der Waals surface area contributed by atoms with E-state index in [1.807, 2.05) is 12.1 Å². The third kappa shape index (κ3) is 3.24. The van der Waals surface area contributed by atoms with Gasteiger partial charge in [-0.1, -0.05) is 31.9 Å². The van der Waals surface area contributed by atoms with Gasteiger partial charge in [0.25, 0.3) is 0 Å². The number of carbonyl (C=O) groups excluding carboxylic acids is 1. The van der Waals surface area contributed by atoms with Crippen molar-refractivity contribution in [1.29, 1.82) is 0 Å². The summed E-state index contributed by atoms with van der Waals surface area (Å²) in [4.78, 5) is 11.7. The maximum atomic E-state index is 11.7. The number of hydrazine groups is 1. The number of hydrogen-bond donors (Lipinski definition) is 2. The number of amides is 1. The number of para-hydroxylation sites is 2. The molecule has 0 bridgehead atoms. The largest absolute Gasteiger partial charge is 0.397 e. The molecule has 0 aromatic heterocycles. The second kappa shape index (κ2) is 6.12. The highest BCUT2D eigenvalue weighted by atomic mass is 16.2. The molecule has 4 heteroatoms. The quantitative estimate of drug-likeness (QED) is 0.263. The van der Waals surface area contributed by atoms with Gasteiger partial charge in [-0.25, -0.2) is 10.9 Å². The summed E-state index contributed by atoms with van der Waals surface area (Å²) in [5.41, 5.74) is 6.84. The van der Waals surface area contributed by atoms with Gasteiger partial charge >= 0.3 is 0 Å². The van der Waals surface area contributed by atoms with Gasteiger partial charge in [-0.3, -0.25) is 4.79 Å². The highest BCUT2D eigenvalue weighted by molar-refractivity contribution is 5.95. The Balaban J connectivity index is 2.60. The number of rotatable bonds is 5. The third-order valence-corrected chi connectivity index (χ3v) is 2.46. The molecule has 0 heterocycles. The SMILES string of the molecule is CCCCCC(=O)N(N)c1ccccc1N. The van der Waals surface area contributed by atoms with Crippen molar-refractivity contribution in [2.24, 2.45) is 5.84 Å². The molecule has 0 saturated heterocycles. The summed E-state index contributed by atoms with van der Waals surface area (Å²) >= 11 is 0. The van der Waals surface area contributed by atoms with Crippen LogP contribution in [0.2, 0.25) is 0 Å². The van der Waals surface area contributed by atoms with Gasteiger partial charge in [0.2, 0.25) is 5.91 Å². The van der Waals surface area contributed by atoms with Crippen molar-refractivity contribution >= 4 is 17.3 Å². The normalized spacial score (nSPS) is 10.1. The molecule has 4 N–H and O–H groups in total. The standard InChI is InChI=1S/C12H19N3O/c1-2-3-4-9-12(16)15(14)11-8-6-5-7-10(11)13/h5-8H,2-4,9,13-14H2,1H3. The van der Waals surface area contributed by atoms with Gasteiger partial charge in [-0.15, -0.1) is 0 Å². The highest BCUT2D eigenvalue weighted by Crippen LogP contribution is 2.20. The van der Waals surface area contributed by atoms with Crippen LogP contribution in [0.15, 0.2) is 24.3 Å². The van der Waals surface area contributed by atoms with Crippen LogP contribution < -0.4 is 16.6 Å². The Hall–Kier alpha value is -1.55. The van der Waals surface area contributed by atoms with Crippen molar-refractivity contribution in [2.75, 3.05) is 10.7 Å². The molecule has 0 spiro atoms. The Bertz CT molecular complexity index is 352. The molecule has 0 fully saturated rings. The van der Waals surface area contributed by atoms with E-state index in [0.29, 0.717) is 17.8 Å². The van der Waals surface area contributed by atoms with Crippen molar-refractivity contribution in [3.63, 3.8) is 0 Å². The van der Waals surface area contributed by atoms with Crippen LogP contribution in [0.25, 0.3) is 0 Å². The average Bonchev–Trinajstić information content (AvgIpc) is 2.29. The fourth-order valence-electron chi connectivity index (χ4n) is 1.49. The van der Waals surface area contributed by atoms with Gasteiger partial charge in [0.05, 0.1) is 11.4 Å². The lowest BCUT2D eigenvalue weighted by Crippen LogP contribution is -2.37. The monoisotopic (exact) mass is 221 g/mol. The lowest BCUT2D eigenvalue weighted by atomic mass is 10.2. The molecule has 0 radical (unpaired) electrons. The predicted molar refractivity (Wildman–Crippen MR) is 66.7 cm³/mol. The summed E-state index contributed by atoms with van der Waals surface area (Å²) in [6.45, 7) is 2.10. The summed E-state index contributed by atoms with van der Waals surface area (Å²) in [5.74, 6) is 5.63. The van der Waals surface area contributed by atoms with Crippen LogP contribution in [-0.2, 0) is 4.79 Å². The summed E-state index contributed by atoms with van der Waals surface area (Å²) in [7, 11) is 0. The van der Waals surface area contributed by atoms with E-state index in [4.69, 9.17) is 11.6 Å². The Morgan fingerprint density at radius 1 is 1.31 bits per heavy atom. The number of nitrogens with two attached hydrogens (primary N) is 2. The van der Waals surface area contributed by atoms with Gasteiger partial charge in [0.1, 0.15) is 0 Å². The topological polar surface area (TPSA) is 72.3 Å². The lowest BCUT2D eigenvalue weighted by molar-refractivity contribution is -0.118. The van der Waals surface area contributed by atoms with Crippen LogP contribution in [0.3, 0.4) is 0 Å². The van der Waals surface area contributed by atoms with E-state index in [1.165, 1.54) is 0 Å². The van der Waals surface area contributed by atoms with Gasteiger partial charge in [-0.05, 0) is 18.6 Å². The molecule has 0 saturated carbocycles. The van der Waals surface area contributed by atoms with Gasteiger partial charge in [0, 0.05) is 6.42 Å². The van der Waals surface area contributed by atoms with Crippen LogP contribution in [0.4, 0.5) is 11.4 Å². The number of nitrogens with zero attached hydrogens (tertiary/aromatic N) is 1. The Kier molecular flexibility index (Phi) is 4.79. The van der Waals surface area contributed by atoms with Crippen LogP contribution >= 0.6 is 0 Å². The molecule has 0 aliphatic heterocycles. The van der Waals surface area contributed by atoms with E-state index >= 15 is 0 Å². The minimum atomic E-state index is -0.0913. The summed E-state index contributed by atoms with van der Waals surface area (Å²) in [5, 5.41) is 1.14. The van der Waals surface area contributed by atoms with E-state index in [0.717, 1.165) is 24.3 Å². The minimum absolute atomic E-state index is 0.0913. The van der Waals surface area contributed by atoms with Crippen LogP contribution in [-0.4, -0.2) is 5.91 Å². The molecule has 1 rings (SSSR count). The summed E-state index contributed by atoms with van der Waals surface area (Å²) < 4.78 is 0. The fraction of sp³-hybridized carbons (Fsp3) is 0.417. The van der Waals surface area contributed by atoms with Crippen LogP contribution in [0.5, 0.6) is 0 Å². The maximum Gasteiger partial charge on any atom is 0.241 e.